The molecule has 0 N–H and O–H groups in total. The van der Waals surface area contributed by atoms with Crippen LogP contribution in [0, 0.1) is 17.8 Å². The summed E-state index contributed by atoms with van der Waals surface area (Å²) in [5.41, 5.74) is 2.38. The third-order valence-electron chi connectivity index (χ3n) is 4.82. The molecule has 1 aromatic rings. The molecule has 1 aliphatic carbocycles. The summed E-state index contributed by atoms with van der Waals surface area (Å²) in [7, 11) is 0.114. The lowest BCUT2D eigenvalue weighted by Gasteiger charge is -2.28. The monoisotopic (exact) mass is 244 g/mol. The van der Waals surface area contributed by atoms with Crippen molar-refractivity contribution in [2.75, 3.05) is 6.16 Å². The SMILES string of the molecule is C=C(C)C1CC2C(C)C1CP2c1ccccc1. The average molecular weight is 244 g/mol. The van der Waals surface area contributed by atoms with E-state index in [0.717, 1.165) is 23.4 Å². The molecule has 17 heavy (non-hydrogen) atoms. The number of hydrogen-bond acceptors (Lipinski definition) is 0. The molecule has 1 heteroatoms. The normalized spacial score (nSPS) is 39.5. The second kappa shape index (κ2) is 4.25. The zero-order valence-corrected chi connectivity index (χ0v) is 11.7. The Labute approximate surface area is 106 Å². The first kappa shape index (κ1) is 11.5. The first-order valence-electron chi connectivity index (χ1n) is 6.65. The highest BCUT2D eigenvalue weighted by Crippen LogP contribution is 2.64. The topological polar surface area (TPSA) is 0 Å². The van der Waals surface area contributed by atoms with Crippen molar-refractivity contribution in [3.8, 4) is 0 Å². The highest BCUT2D eigenvalue weighted by molar-refractivity contribution is 7.66. The summed E-state index contributed by atoms with van der Waals surface area (Å²) >= 11 is 0. The van der Waals surface area contributed by atoms with Crippen molar-refractivity contribution >= 4 is 13.2 Å². The molecule has 0 spiro atoms. The van der Waals surface area contributed by atoms with Crippen molar-refractivity contribution in [1.82, 2.24) is 0 Å². The minimum absolute atomic E-state index is 0.114. The Morgan fingerprint density at radius 3 is 2.53 bits per heavy atom. The smallest absolute Gasteiger partial charge is 0.0134 e. The summed E-state index contributed by atoms with van der Waals surface area (Å²) in [4.78, 5) is 0. The summed E-state index contributed by atoms with van der Waals surface area (Å²) < 4.78 is 0. The van der Waals surface area contributed by atoms with Crippen LogP contribution in [0.3, 0.4) is 0 Å². The Morgan fingerprint density at radius 2 is 2.00 bits per heavy atom. The van der Waals surface area contributed by atoms with E-state index in [1.807, 2.05) is 0 Å². The summed E-state index contributed by atoms with van der Waals surface area (Å²) in [5, 5.41) is 1.63. The second-order valence-electron chi connectivity index (χ2n) is 5.77. The van der Waals surface area contributed by atoms with Gasteiger partial charge in [-0.2, -0.15) is 0 Å². The molecule has 1 saturated carbocycles. The van der Waals surface area contributed by atoms with Crippen LogP contribution in [0.25, 0.3) is 0 Å². The van der Waals surface area contributed by atoms with Crippen LogP contribution in [0.4, 0.5) is 0 Å². The van der Waals surface area contributed by atoms with Gasteiger partial charge in [0, 0.05) is 0 Å². The van der Waals surface area contributed by atoms with Gasteiger partial charge < -0.3 is 0 Å². The fourth-order valence-corrected chi connectivity index (χ4v) is 7.58. The number of allylic oxidation sites excluding steroid dienone is 1. The van der Waals surface area contributed by atoms with E-state index < -0.39 is 0 Å². The number of fused-ring (bicyclic) bond motifs is 2. The van der Waals surface area contributed by atoms with Gasteiger partial charge in [-0.15, -0.1) is 0 Å². The van der Waals surface area contributed by atoms with Gasteiger partial charge >= 0.3 is 0 Å². The summed E-state index contributed by atoms with van der Waals surface area (Å²) in [6.45, 7) is 8.90. The average Bonchev–Trinajstić information content (AvgIpc) is 2.83. The molecule has 0 radical (unpaired) electrons. The fraction of sp³-hybridized carbons (Fsp3) is 0.500. The lowest BCUT2D eigenvalue weighted by atomic mass is 9.88. The molecular weight excluding hydrogens is 223 g/mol. The molecule has 0 amide bonds. The van der Waals surface area contributed by atoms with E-state index in [2.05, 4.69) is 50.8 Å². The van der Waals surface area contributed by atoms with Crippen molar-refractivity contribution in [2.24, 2.45) is 17.8 Å². The van der Waals surface area contributed by atoms with Gasteiger partial charge in [-0.1, -0.05) is 57.3 Å². The molecule has 1 saturated heterocycles. The molecule has 0 aromatic heterocycles. The minimum Gasteiger partial charge on any atom is -0.0998 e. The first-order chi connectivity index (χ1) is 8.18. The van der Waals surface area contributed by atoms with E-state index in [1.54, 1.807) is 5.30 Å². The molecule has 5 unspecified atom stereocenters. The maximum absolute atomic E-state index is 4.20. The van der Waals surface area contributed by atoms with Gasteiger partial charge in [-0.05, 0) is 48.2 Å². The third kappa shape index (κ3) is 1.78. The highest BCUT2D eigenvalue weighted by atomic mass is 31.1. The molecule has 1 aromatic carbocycles. The van der Waals surface area contributed by atoms with Gasteiger partial charge in [0.15, 0.2) is 0 Å². The van der Waals surface area contributed by atoms with Crippen LogP contribution in [0.2, 0.25) is 0 Å². The van der Waals surface area contributed by atoms with E-state index >= 15 is 0 Å². The van der Waals surface area contributed by atoms with E-state index in [4.69, 9.17) is 0 Å². The maximum Gasteiger partial charge on any atom is -0.0134 e. The number of benzene rings is 1. The van der Waals surface area contributed by atoms with Gasteiger partial charge in [0.1, 0.15) is 0 Å². The van der Waals surface area contributed by atoms with Crippen LogP contribution in [0.5, 0.6) is 0 Å². The first-order valence-corrected chi connectivity index (χ1v) is 8.25. The Hall–Kier alpha value is -0.610. The summed E-state index contributed by atoms with van der Waals surface area (Å²) in [5.74, 6) is 2.66. The van der Waals surface area contributed by atoms with Gasteiger partial charge in [0.05, 0.1) is 0 Å². The zero-order chi connectivity index (χ0) is 12.0. The van der Waals surface area contributed by atoms with E-state index in [1.165, 1.54) is 18.2 Å². The van der Waals surface area contributed by atoms with Crippen LogP contribution >= 0.6 is 7.92 Å². The van der Waals surface area contributed by atoms with Crippen molar-refractivity contribution in [3.05, 3.63) is 42.5 Å². The van der Waals surface area contributed by atoms with Crippen LogP contribution in [-0.2, 0) is 0 Å². The Kier molecular flexibility index (Phi) is 2.87. The van der Waals surface area contributed by atoms with Gasteiger partial charge in [0.25, 0.3) is 0 Å². The van der Waals surface area contributed by atoms with E-state index in [-0.39, 0.29) is 7.92 Å². The van der Waals surface area contributed by atoms with Crippen molar-refractivity contribution in [1.29, 1.82) is 0 Å². The maximum atomic E-state index is 4.20. The van der Waals surface area contributed by atoms with Gasteiger partial charge in [-0.25, -0.2) is 0 Å². The minimum atomic E-state index is 0.114. The predicted octanol–water partition coefficient (Wildman–Crippen LogP) is 4.02. The van der Waals surface area contributed by atoms with Crippen molar-refractivity contribution in [2.45, 2.75) is 25.9 Å². The Bertz CT molecular complexity index is 422. The molecule has 90 valence electrons. The lowest BCUT2D eigenvalue weighted by molar-refractivity contribution is 0.415. The van der Waals surface area contributed by atoms with E-state index in [9.17, 15) is 0 Å². The molecule has 2 bridgehead atoms. The fourth-order valence-electron chi connectivity index (χ4n) is 3.85. The molecule has 0 nitrogen and oxygen atoms in total. The lowest BCUT2D eigenvalue weighted by Crippen LogP contribution is -2.19. The molecule has 2 aliphatic rings. The quantitative estimate of drug-likeness (QED) is 0.544. The van der Waals surface area contributed by atoms with Crippen LogP contribution in [0.15, 0.2) is 42.5 Å². The predicted molar refractivity (Wildman–Crippen MR) is 77.2 cm³/mol. The molecule has 5 atom stereocenters. The largest absolute Gasteiger partial charge is 0.0998 e. The van der Waals surface area contributed by atoms with Crippen LogP contribution in [0.1, 0.15) is 20.3 Å². The van der Waals surface area contributed by atoms with Crippen LogP contribution in [-0.4, -0.2) is 11.8 Å². The summed E-state index contributed by atoms with van der Waals surface area (Å²) in [6, 6.07) is 11.2. The Balaban J connectivity index is 1.85. The Morgan fingerprint density at radius 1 is 1.29 bits per heavy atom. The van der Waals surface area contributed by atoms with E-state index in [0.29, 0.717) is 0 Å². The highest BCUT2D eigenvalue weighted by Gasteiger charge is 2.51. The molecule has 1 aliphatic heterocycles. The van der Waals surface area contributed by atoms with Gasteiger partial charge in [0.2, 0.25) is 0 Å². The summed E-state index contributed by atoms with van der Waals surface area (Å²) in [6.07, 6.45) is 2.85. The molecule has 1 heterocycles. The second-order valence-corrected chi connectivity index (χ2v) is 8.25. The van der Waals surface area contributed by atoms with Gasteiger partial charge in [-0.3, -0.25) is 0 Å². The third-order valence-corrected chi connectivity index (χ3v) is 8.08. The molecule has 2 fully saturated rings. The number of hydrogen-bond donors (Lipinski definition) is 0. The van der Waals surface area contributed by atoms with Crippen LogP contribution < -0.4 is 5.30 Å². The number of rotatable bonds is 2. The van der Waals surface area contributed by atoms with Crippen molar-refractivity contribution < 1.29 is 0 Å². The standard InChI is InChI=1S/C16H21P/c1-11(2)14-9-16-12(3)15(14)10-17(16)13-7-5-4-6-8-13/h4-8,12,14-16H,1,9-10H2,2-3H3. The molecule has 3 rings (SSSR count). The zero-order valence-electron chi connectivity index (χ0n) is 10.8. The molecular formula is C16H21P. The van der Waals surface area contributed by atoms with Crippen molar-refractivity contribution in [3.63, 3.8) is 0 Å².